The van der Waals surface area contributed by atoms with Crippen LogP contribution in [0.3, 0.4) is 0 Å². The van der Waals surface area contributed by atoms with Gasteiger partial charge in [-0.2, -0.15) is 5.26 Å². The first-order valence-electron chi connectivity index (χ1n) is 5.77. The van der Waals surface area contributed by atoms with Crippen LogP contribution < -0.4 is 5.32 Å². The van der Waals surface area contributed by atoms with Gasteiger partial charge in [0.05, 0.1) is 17.7 Å². The Morgan fingerprint density at radius 2 is 2.24 bits per heavy atom. The first-order chi connectivity index (χ1) is 7.93. The van der Waals surface area contributed by atoms with Crippen molar-refractivity contribution in [1.29, 1.82) is 5.26 Å². The number of pyridine rings is 1. The van der Waals surface area contributed by atoms with Gasteiger partial charge < -0.3 is 10.4 Å². The van der Waals surface area contributed by atoms with Gasteiger partial charge in [-0.05, 0) is 25.5 Å². The summed E-state index contributed by atoms with van der Waals surface area (Å²) in [5.74, 6) is 0.714. The second kappa shape index (κ2) is 4.01. The van der Waals surface area contributed by atoms with Crippen molar-refractivity contribution in [2.45, 2.75) is 39.3 Å². The molecular weight excluding hydrogens is 214 g/mol. The third-order valence-electron chi connectivity index (χ3n) is 3.62. The normalized spacial score (nSPS) is 25.8. The molecule has 0 spiro atoms. The Kier molecular flexibility index (Phi) is 2.80. The Hall–Kier alpha value is -1.60. The van der Waals surface area contributed by atoms with E-state index < -0.39 is 0 Å². The molecule has 0 amide bonds. The van der Waals surface area contributed by atoms with Crippen LogP contribution >= 0.6 is 0 Å². The van der Waals surface area contributed by atoms with Crippen LogP contribution in [0.5, 0.6) is 0 Å². The zero-order chi connectivity index (χ0) is 12.6. The molecule has 0 bridgehead atoms. The van der Waals surface area contributed by atoms with Crippen molar-refractivity contribution < 1.29 is 5.11 Å². The summed E-state index contributed by atoms with van der Waals surface area (Å²) in [4.78, 5) is 4.35. The summed E-state index contributed by atoms with van der Waals surface area (Å²) in [6.07, 6.45) is 0.463. The van der Waals surface area contributed by atoms with E-state index in [2.05, 4.69) is 16.4 Å². The highest BCUT2D eigenvalue weighted by Gasteiger charge is 2.47. The van der Waals surface area contributed by atoms with Gasteiger partial charge in [-0.3, -0.25) is 0 Å². The van der Waals surface area contributed by atoms with Gasteiger partial charge in [0, 0.05) is 17.2 Å². The molecule has 4 heteroatoms. The molecule has 1 heterocycles. The van der Waals surface area contributed by atoms with Crippen molar-refractivity contribution in [1.82, 2.24) is 4.98 Å². The Bertz CT molecular complexity index is 476. The first kappa shape index (κ1) is 11.9. The number of rotatable bonds is 2. The predicted octanol–water partition coefficient (Wildman–Crippen LogP) is 1.83. The van der Waals surface area contributed by atoms with E-state index in [9.17, 15) is 5.11 Å². The minimum absolute atomic E-state index is 0.141. The molecule has 1 aromatic heterocycles. The fourth-order valence-corrected chi connectivity index (χ4v) is 2.13. The molecular formula is C13H17N3O. The van der Waals surface area contributed by atoms with E-state index in [0.717, 1.165) is 12.1 Å². The third-order valence-corrected chi connectivity index (χ3v) is 3.62. The minimum Gasteiger partial charge on any atom is -0.392 e. The quantitative estimate of drug-likeness (QED) is 0.814. The summed E-state index contributed by atoms with van der Waals surface area (Å²) >= 11 is 0. The summed E-state index contributed by atoms with van der Waals surface area (Å²) in [5.41, 5.74) is 1.29. The van der Waals surface area contributed by atoms with Crippen LogP contribution in [0.25, 0.3) is 0 Å². The topological polar surface area (TPSA) is 68.9 Å². The zero-order valence-corrected chi connectivity index (χ0v) is 10.4. The van der Waals surface area contributed by atoms with Crippen LogP contribution in [-0.2, 0) is 0 Å². The van der Waals surface area contributed by atoms with Gasteiger partial charge >= 0.3 is 0 Å². The maximum atomic E-state index is 9.67. The average molecular weight is 231 g/mol. The molecule has 1 aliphatic carbocycles. The first-order valence-corrected chi connectivity index (χ1v) is 5.77. The van der Waals surface area contributed by atoms with Gasteiger partial charge in [0.25, 0.3) is 0 Å². The lowest BCUT2D eigenvalue weighted by molar-refractivity contribution is -0.0511. The van der Waals surface area contributed by atoms with Crippen molar-refractivity contribution in [3.05, 3.63) is 23.4 Å². The number of aromatic nitrogens is 1. The van der Waals surface area contributed by atoms with Crippen molar-refractivity contribution in [3.8, 4) is 6.07 Å². The molecule has 0 radical (unpaired) electrons. The van der Waals surface area contributed by atoms with Crippen molar-refractivity contribution in [3.63, 3.8) is 0 Å². The van der Waals surface area contributed by atoms with Crippen molar-refractivity contribution in [2.75, 3.05) is 5.32 Å². The number of hydrogen-bond donors (Lipinski definition) is 2. The predicted molar refractivity (Wildman–Crippen MR) is 65.5 cm³/mol. The largest absolute Gasteiger partial charge is 0.392 e. The third kappa shape index (κ3) is 2.11. The second-order valence-electron chi connectivity index (χ2n) is 5.26. The van der Waals surface area contributed by atoms with Gasteiger partial charge in [-0.1, -0.05) is 13.8 Å². The molecule has 2 rings (SSSR count). The van der Waals surface area contributed by atoms with E-state index in [0.29, 0.717) is 11.4 Å². The number of aryl methyl sites for hydroxylation is 1. The molecule has 1 saturated carbocycles. The number of nitrogens with zero attached hydrogens (tertiary/aromatic N) is 2. The van der Waals surface area contributed by atoms with Gasteiger partial charge in [-0.25, -0.2) is 4.98 Å². The number of nitriles is 1. The van der Waals surface area contributed by atoms with Gasteiger partial charge in [-0.15, -0.1) is 0 Å². The monoisotopic (exact) mass is 231 g/mol. The van der Waals surface area contributed by atoms with Gasteiger partial charge in [0.1, 0.15) is 5.82 Å². The minimum atomic E-state index is -0.264. The van der Waals surface area contributed by atoms with Crippen LogP contribution in [0.4, 0.5) is 5.82 Å². The molecule has 1 fully saturated rings. The molecule has 0 aromatic carbocycles. The summed E-state index contributed by atoms with van der Waals surface area (Å²) in [6, 6.07) is 5.82. The number of aliphatic hydroxyl groups is 1. The second-order valence-corrected chi connectivity index (χ2v) is 5.26. The number of hydrogen-bond acceptors (Lipinski definition) is 4. The highest BCUT2D eigenvalue weighted by molar-refractivity contribution is 5.46. The summed E-state index contributed by atoms with van der Waals surface area (Å²) in [7, 11) is 0. The van der Waals surface area contributed by atoms with Crippen molar-refractivity contribution in [2.24, 2.45) is 5.41 Å². The molecule has 2 atom stereocenters. The maximum Gasteiger partial charge on any atom is 0.127 e. The lowest BCUT2D eigenvalue weighted by Gasteiger charge is -2.49. The highest BCUT2D eigenvalue weighted by atomic mass is 16.3. The Balaban J connectivity index is 2.15. The standard InChI is InChI=1S/C13H17N3O/c1-8-4-9(7-14)5-12(15-8)16-10-6-11(17)13(10,2)3/h4-5,10-11,17H,6H2,1-3H3,(H,15,16). The van der Waals surface area contributed by atoms with Crippen molar-refractivity contribution >= 4 is 5.82 Å². The summed E-state index contributed by atoms with van der Waals surface area (Å²) < 4.78 is 0. The van der Waals surface area contributed by atoms with Crippen LogP contribution in [0.1, 0.15) is 31.5 Å². The highest BCUT2D eigenvalue weighted by Crippen LogP contribution is 2.42. The SMILES string of the molecule is Cc1cc(C#N)cc(NC2CC(O)C2(C)C)n1. The smallest absolute Gasteiger partial charge is 0.127 e. The molecule has 1 aromatic rings. The van der Waals surface area contributed by atoms with E-state index >= 15 is 0 Å². The molecule has 4 nitrogen and oxygen atoms in total. The molecule has 0 aliphatic heterocycles. The van der Waals surface area contributed by atoms with E-state index in [-0.39, 0.29) is 17.6 Å². The van der Waals surface area contributed by atoms with Crippen LogP contribution in [0.2, 0.25) is 0 Å². The van der Waals surface area contributed by atoms with Gasteiger partial charge in [0.2, 0.25) is 0 Å². The van der Waals surface area contributed by atoms with E-state index in [1.165, 1.54) is 0 Å². The Morgan fingerprint density at radius 3 is 2.76 bits per heavy atom. The number of anilines is 1. The Labute approximate surface area is 101 Å². The van der Waals surface area contributed by atoms with E-state index in [1.54, 1.807) is 12.1 Å². The summed E-state index contributed by atoms with van der Waals surface area (Å²) in [6.45, 7) is 5.92. The number of aliphatic hydroxyl groups excluding tert-OH is 1. The lowest BCUT2D eigenvalue weighted by atomic mass is 9.64. The zero-order valence-electron chi connectivity index (χ0n) is 10.4. The summed E-state index contributed by atoms with van der Waals surface area (Å²) in [5, 5.41) is 21.9. The lowest BCUT2D eigenvalue weighted by Crippen LogP contribution is -2.57. The fourth-order valence-electron chi connectivity index (χ4n) is 2.13. The molecule has 17 heavy (non-hydrogen) atoms. The fraction of sp³-hybridized carbons (Fsp3) is 0.538. The van der Waals surface area contributed by atoms with E-state index in [1.807, 2.05) is 20.8 Å². The molecule has 90 valence electrons. The van der Waals surface area contributed by atoms with Crippen LogP contribution in [0, 0.1) is 23.7 Å². The van der Waals surface area contributed by atoms with E-state index in [4.69, 9.17) is 5.26 Å². The van der Waals surface area contributed by atoms with Gasteiger partial charge in [0.15, 0.2) is 0 Å². The van der Waals surface area contributed by atoms with Crippen LogP contribution in [-0.4, -0.2) is 22.2 Å². The molecule has 2 unspecified atom stereocenters. The number of nitrogens with one attached hydrogen (secondary N) is 1. The van der Waals surface area contributed by atoms with Crippen LogP contribution in [0.15, 0.2) is 12.1 Å². The average Bonchev–Trinajstić information content (AvgIpc) is 2.28. The maximum absolute atomic E-state index is 9.67. The molecule has 0 saturated heterocycles. The molecule has 1 aliphatic rings. The Morgan fingerprint density at radius 1 is 1.53 bits per heavy atom. The molecule has 2 N–H and O–H groups in total.